The first kappa shape index (κ1) is 22.9. The maximum Gasteiger partial charge on any atom is 0.306 e. The molecule has 0 radical (unpaired) electrons. The van der Waals surface area contributed by atoms with Gasteiger partial charge in [0, 0.05) is 23.3 Å². The zero-order valence-electron chi connectivity index (χ0n) is 17.9. The molecule has 1 aliphatic rings. The Morgan fingerprint density at radius 1 is 1.14 bits per heavy atom. The normalized spacial score (nSPS) is 17.6. The van der Waals surface area contributed by atoms with E-state index >= 15 is 0 Å². The minimum atomic E-state index is -0.106. The summed E-state index contributed by atoms with van der Waals surface area (Å²) in [4.78, 5) is 13.5. The van der Waals surface area contributed by atoms with Crippen molar-refractivity contribution in [2.75, 3.05) is 0 Å². The van der Waals surface area contributed by atoms with E-state index in [2.05, 4.69) is 38.8 Å². The van der Waals surface area contributed by atoms with Crippen LogP contribution in [0.25, 0.3) is 0 Å². The smallest absolute Gasteiger partial charge is 0.306 e. The Labute approximate surface area is 176 Å². The van der Waals surface area contributed by atoms with E-state index < -0.39 is 0 Å². The molecule has 28 heavy (non-hydrogen) atoms. The third-order valence-electron chi connectivity index (χ3n) is 5.56. The number of esters is 1. The van der Waals surface area contributed by atoms with Crippen LogP contribution in [0.5, 0.6) is 0 Å². The Kier molecular flexibility index (Phi) is 9.45. The fraction of sp³-hybridized carbons (Fsp3) is 0.640. The van der Waals surface area contributed by atoms with Crippen LogP contribution in [0.15, 0.2) is 23.1 Å². The summed E-state index contributed by atoms with van der Waals surface area (Å²) >= 11 is 1.65. The van der Waals surface area contributed by atoms with E-state index in [0.717, 1.165) is 24.8 Å². The van der Waals surface area contributed by atoms with Crippen LogP contribution in [0.2, 0.25) is 0 Å². The second kappa shape index (κ2) is 11.6. The highest BCUT2D eigenvalue weighted by molar-refractivity contribution is 7.99. The molecule has 0 aromatic heterocycles. The molecule has 1 heterocycles. The Hall–Kier alpha value is -1.40. The predicted molar refractivity (Wildman–Crippen MR) is 120 cm³/mol. The number of unbranched alkanes of at least 4 members (excludes halogenated alkanes) is 8. The minimum absolute atomic E-state index is 0.0455. The van der Waals surface area contributed by atoms with Gasteiger partial charge in [0.25, 0.3) is 0 Å². The van der Waals surface area contributed by atoms with Crippen molar-refractivity contribution in [3.05, 3.63) is 29.3 Å². The molecule has 1 atom stereocenters. The fourth-order valence-corrected chi connectivity index (χ4v) is 5.36. The van der Waals surface area contributed by atoms with Crippen molar-refractivity contribution in [3.63, 3.8) is 0 Å². The second-order valence-electron chi connectivity index (χ2n) is 8.56. The highest BCUT2D eigenvalue weighted by atomic mass is 32.2. The molecule has 1 aliphatic heterocycles. The van der Waals surface area contributed by atoms with Crippen LogP contribution < -0.4 is 0 Å². The Morgan fingerprint density at radius 3 is 2.43 bits per heavy atom. The quantitative estimate of drug-likeness (QED) is 0.223. The summed E-state index contributed by atoms with van der Waals surface area (Å²) in [5.74, 6) is 2.66. The lowest BCUT2D eigenvalue weighted by Crippen LogP contribution is -2.31. The first-order valence-corrected chi connectivity index (χ1v) is 11.8. The average Bonchev–Trinajstić information content (AvgIpc) is 2.66. The number of terminal acetylenes is 1. The van der Waals surface area contributed by atoms with Gasteiger partial charge in [-0.15, -0.1) is 6.42 Å². The van der Waals surface area contributed by atoms with Gasteiger partial charge in [-0.05, 0) is 35.6 Å². The molecule has 1 unspecified atom stereocenters. The molecule has 3 heteroatoms. The standard InChI is InChI=1S/C25H36O2S/c1-5-7-8-9-10-11-12-13-14-15-23(26)27-24-19-25(3,4)21-18-20(6-2)16-17-22(21)28-24/h2,16-18,24H,5,7-15,19H2,1,3-4H3. The lowest BCUT2D eigenvalue weighted by molar-refractivity contribution is -0.145. The number of carbonyl (C=O) groups is 1. The maximum atomic E-state index is 12.3. The monoisotopic (exact) mass is 400 g/mol. The van der Waals surface area contributed by atoms with Crippen molar-refractivity contribution in [3.8, 4) is 12.3 Å². The Morgan fingerprint density at radius 2 is 1.79 bits per heavy atom. The number of ether oxygens (including phenoxy) is 1. The molecule has 0 spiro atoms. The van der Waals surface area contributed by atoms with E-state index in [1.807, 2.05) is 6.07 Å². The summed E-state index contributed by atoms with van der Waals surface area (Å²) in [6.45, 7) is 6.65. The molecule has 0 saturated heterocycles. The molecule has 0 saturated carbocycles. The van der Waals surface area contributed by atoms with Gasteiger partial charge in [0.2, 0.25) is 0 Å². The van der Waals surface area contributed by atoms with E-state index in [1.54, 1.807) is 11.8 Å². The third kappa shape index (κ3) is 7.21. The first-order valence-electron chi connectivity index (χ1n) is 10.9. The molecular weight excluding hydrogens is 364 g/mol. The van der Waals surface area contributed by atoms with Gasteiger partial charge in [0.1, 0.15) is 0 Å². The maximum absolute atomic E-state index is 12.3. The van der Waals surface area contributed by atoms with Crippen LogP contribution >= 0.6 is 11.8 Å². The third-order valence-corrected chi connectivity index (χ3v) is 6.69. The van der Waals surface area contributed by atoms with Crippen LogP contribution in [-0.4, -0.2) is 11.4 Å². The number of benzene rings is 1. The SMILES string of the molecule is C#Cc1ccc2c(c1)C(C)(C)CC(OC(=O)CCCCCCCCCCC)S2. The Balaban J connectivity index is 1.69. The van der Waals surface area contributed by atoms with Crippen molar-refractivity contribution in [1.29, 1.82) is 0 Å². The van der Waals surface area contributed by atoms with Crippen LogP contribution in [0.4, 0.5) is 0 Å². The van der Waals surface area contributed by atoms with E-state index in [1.165, 1.54) is 55.4 Å². The zero-order chi connectivity index (χ0) is 20.4. The van der Waals surface area contributed by atoms with Crippen LogP contribution in [0.1, 0.15) is 103 Å². The van der Waals surface area contributed by atoms with Gasteiger partial charge in [0.15, 0.2) is 5.44 Å². The van der Waals surface area contributed by atoms with E-state index in [9.17, 15) is 4.79 Å². The van der Waals surface area contributed by atoms with Crippen molar-refractivity contribution >= 4 is 17.7 Å². The van der Waals surface area contributed by atoms with Crippen LogP contribution in [-0.2, 0) is 14.9 Å². The Bertz CT molecular complexity index is 672. The highest BCUT2D eigenvalue weighted by Crippen LogP contribution is 2.46. The molecule has 2 rings (SSSR count). The predicted octanol–water partition coefficient (Wildman–Crippen LogP) is 7.23. The largest absolute Gasteiger partial charge is 0.451 e. The number of carbonyl (C=O) groups excluding carboxylic acids is 1. The van der Waals surface area contributed by atoms with E-state index in [0.29, 0.717) is 6.42 Å². The van der Waals surface area contributed by atoms with Crippen molar-refractivity contribution < 1.29 is 9.53 Å². The lowest BCUT2D eigenvalue weighted by atomic mass is 9.80. The average molecular weight is 401 g/mol. The minimum Gasteiger partial charge on any atom is -0.451 e. The van der Waals surface area contributed by atoms with Crippen molar-refractivity contribution in [2.45, 2.75) is 107 Å². The number of hydrogen-bond acceptors (Lipinski definition) is 3. The fourth-order valence-electron chi connectivity index (χ4n) is 3.81. The molecule has 0 bridgehead atoms. The number of thioether (sulfide) groups is 1. The molecule has 1 aromatic rings. The van der Waals surface area contributed by atoms with Gasteiger partial charge < -0.3 is 4.74 Å². The molecule has 0 amide bonds. The highest BCUT2D eigenvalue weighted by Gasteiger charge is 2.35. The molecule has 154 valence electrons. The zero-order valence-corrected chi connectivity index (χ0v) is 18.7. The lowest BCUT2D eigenvalue weighted by Gasteiger charge is -2.36. The number of rotatable bonds is 11. The van der Waals surface area contributed by atoms with Gasteiger partial charge >= 0.3 is 5.97 Å². The molecular formula is C25H36O2S. The summed E-state index contributed by atoms with van der Waals surface area (Å²) in [6.07, 6.45) is 18.2. The summed E-state index contributed by atoms with van der Waals surface area (Å²) in [5.41, 5.74) is 2.02. The molecule has 0 fully saturated rings. The number of fused-ring (bicyclic) bond motifs is 1. The summed E-state index contributed by atoms with van der Waals surface area (Å²) in [7, 11) is 0. The number of hydrogen-bond donors (Lipinski definition) is 0. The van der Waals surface area contributed by atoms with Crippen molar-refractivity contribution in [2.24, 2.45) is 0 Å². The summed E-state index contributed by atoms with van der Waals surface area (Å²) in [5, 5.41) is 0. The van der Waals surface area contributed by atoms with E-state index in [4.69, 9.17) is 11.2 Å². The molecule has 0 N–H and O–H groups in total. The summed E-state index contributed by atoms with van der Waals surface area (Å²) in [6, 6.07) is 6.13. The molecule has 1 aromatic carbocycles. The van der Waals surface area contributed by atoms with Gasteiger partial charge in [-0.3, -0.25) is 4.79 Å². The topological polar surface area (TPSA) is 26.3 Å². The van der Waals surface area contributed by atoms with Gasteiger partial charge in [-0.25, -0.2) is 0 Å². The molecule has 0 aliphatic carbocycles. The van der Waals surface area contributed by atoms with Gasteiger partial charge in [-0.1, -0.05) is 89.8 Å². The summed E-state index contributed by atoms with van der Waals surface area (Å²) < 4.78 is 5.80. The second-order valence-corrected chi connectivity index (χ2v) is 9.76. The first-order chi connectivity index (χ1) is 13.5. The van der Waals surface area contributed by atoms with E-state index in [-0.39, 0.29) is 16.8 Å². The van der Waals surface area contributed by atoms with Crippen LogP contribution in [0.3, 0.4) is 0 Å². The van der Waals surface area contributed by atoms with Gasteiger partial charge in [-0.2, -0.15) is 0 Å². The van der Waals surface area contributed by atoms with Gasteiger partial charge in [0.05, 0.1) is 0 Å². The van der Waals surface area contributed by atoms with Crippen LogP contribution in [0, 0.1) is 12.3 Å². The van der Waals surface area contributed by atoms with Crippen molar-refractivity contribution in [1.82, 2.24) is 0 Å². The molecule has 2 nitrogen and oxygen atoms in total.